The molecule has 1 N–H and O–H groups in total. The lowest BCUT2D eigenvalue weighted by Gasteiger charge is -2.16. The largest absolute Gasteiger partial charge is 0.495 e. The fourth-order valence-electron chi connectivity index (χ4n) is 1.45. The van der Waals surface area contributed by atoms with E-state index in [9.17, 15) is 4.79 Å². The molecule has 1 aromatic rings. The van der Waals surface area contributed by atoms with Crippen LogP contribution in [0.15, 0.2) is 34.7 Å². The summed E-state index contributed by atoms with van der Waals surface area (Å²) in [5, 5.41) is 2.70. The topological polar surface area (TPSA) is 56.8 Å². The number of halogens is 1. The van der Waals surface area contributed by atoms with Gasteiger partial charge in [0, 0.05) is 4.47 Å². The normalized spacial score (nSPS) is 14.0. The Balaban J connectivity index is 2.15. The Morgan fingerprint density at radius 2 is 2.28 bits per heavy atom. The zero-order chi connectivity index (χ0) is 13.0. The first-order chi connectivity index (χ1) is 8.70. The third-order valence-electron chi connectivity index (χ3n) is 2.28. The number of nitrogens with one attached hydrogen (secondary N) is 1. The highest BCUT2D eigenvalue weighted by molar-refractivity contribution is 9.10. The maximum atomic E-state index is 11.9. The molecule has 0 saturated heterocycles. The standard InChI is InChI=1S/C12H12BrNO4/c1-16-10-3-2-8(13)6-9(10)14-12(15)11-7-17-4-5-18-11/h2-3,6-7H,4-5H2,1H3,(H,14,15). The molecule has 2 rings (SSSR count). The number of carbonyl (C=O) groups is 1. The first-order valence-electron chi connectivity index (χ1n) is 5.30. The van der Waals surface area contributed by atoms with E-state index in [1.165, 1.54) is 6.26 Å². The molecule has 0 bridgehead atoms. The molecule has 0 aromatic heterocycles. The quantitative estimate of drug-likeness (QED) is 0.930. The van der Waals surface area contributed by atoms with E-state index in [2.05, 4.69) is 21.2 Å². The second kappa shape index (κ2) is 5.77. The minimum absolute atomic E-state index is 0.156. The van der Waals surface area contributed by atoms with Gasteiger partial charge in [0.1, 0.15) is 25.2 Å². The number of ether oxygens (including phenoxy) is 3. The number of hydrogen-bond acceptors (Lipinski definition) is 4. The van der Waals surface area contributed by atoms with Gasteiger partial charge in [0.15, 0.2) is 0 Å². The van der Waals surface area contributed by atoms with E-state index in [0.717, 1.165) is 4.47 Å². The summed E-state index contributed by atoms with van der Waals surface area (Å²) in [7, 11) is 1.54. The van der Waals surface area contributed by atoms with Gasteiger partial charge < -0.3 is 19.5 Å². The number of carbonyl (C=O) groups excluding carboxylic acids is 1. The van der Waals surface area contributed by atoms with Gasteiger partial charge in [-0.25, -0.2) is 0 Å². The van der Waals surface area contributed by atoms with Gasteiger partial charge in [-0.1, -0.05) is 15.9 Å². The summed E-state index contributed by atoms with van der Waals surface area (Å²) in [5.74, 6) is 0.359. The van der Waals surface area contributed by atoms with Crippen molar-refractivity contribution in [3.63, 3.8) is 0 Å². The zero-order valence-corrected chi connectivity index (χ0v) is 11.3. The predicted molar refractivity (Wildman–Crippen MR) is 69.3 cm³/mol. The van der Waals surface area contributed by atoms with Crippen LogP contribution in [0.3, 0.4) is 0 Å². The minimum Gasteiger partial charge on any atom is -0.495 e. The van der Waals surface area contributed by atoms with Crippen molar-refractivity contribution in [2.45, 2.75) is 0 Å². The molecule has 6 heteroatoms. The Morgan fingerprint density at radius 1 is 1.44 bits per heavy atom. The summed E-state index contributed by atoms with van der Waals surface area (Å²) in [6, 6.07) is 5.33. The van der Waals surface area contributed by atoms with Crippen molar-refractivity contribution in [1.82, 2.24) is 0 Å². The summed E-state index contributed by atoms with van der Waals surface area (Å²) in [6.45, 7) is 0.825. The molecule has 0 unspecified atom stereocenters. The van der Waals surface area contributed by atoms with Gasteiger partial charge in [0.05, 0.1) is 12.8 Å². The van der Waals surface area contributed by atoms with Gasteiger partial charge in [-0.3, -0.25) is 4.79 Å². The van der Waals surface area contributed by atoms with Gasteiger partial charge in [-0.15, -0.1) is 0 Å². The summed E-state index contributed by atoms with van der Waals surface area (Å²) in [4.78, 5) is 11.9. The van der Waals surface area contributed by atoms with Crippen LogP contribution in [-0.2, 0) is 14.3 Å². The molecule has 0 spiro atoms. The van der Waals surface area contributed by atoms with Crippen molar-refractivity contribution in [3.05, 3.63) is 34.7 Å². The molecule has 1 heterocycles. The molecule has 5 nitrogen and oxygen atoms in total. The van der Waals surface area contributed by atoms with Gasteiger partial charge >= 0.3 is 0 Å². The molecule has 1 aromatic carbocycles. The minimum atomic E-state index is -0.369. The van der Waals surface area contributed by atoms with Crippen LogP contribution in [0.4, 0.5) is 5.69 Å². The summed E-state index contributed by atoms with van der Waals surface area (Å²) in [6.07, 6.45) is 1.31. The van der Waals surface area contributed by atoms with Crippen molar-refractivity contribution in [1.29, 1.82) is 0 Å². The SMILES string of the molecule is COc1ccc(Br)cc1NC(=O)C1=COCCO1. The lowest BCUT2D eigenvalue weighted by Crippen LogP contribution is -2.21. The van der Waals surface area contributed by atoms with Crippen molar-refractivity contribution in [2.24, 2.45) is 0 Å². The molecular formula is C12H12BrNO4. The number of benzene rings is 1. The maximum Gasteiger partial charge on any atom is 0.294 e. The average molecular weight is 314 g/mol. The number of anilines is 1. The second-order valence-corrected chi connectivity index (χ2v) is 4.42. The molecule has 0 saturated carbocycles. The smallest absolute Gasteiger partial charge is 0.294 e. The summed E-state index contributed by atoms with van der Waals surface area (Å²) >= 11 is 3.33. The van der Waals surface area contributed by atoms with E-state index in [1.807, 2.05) is 6.07 Å². The molecule has 1 aliphatic rings. The van der Waals surface area contributed by atoms with Crippen molar-refractivity contribution in [3.8, 4) is 5.75 Å². The van der Waals surface area contributed by atoms with Gasteiger partial charge in [0.25, 0.3) is 5.91 Å². The highest BCUT2D eigenvalue weighted by atomic mass is 79.9. The van der Waals surface area contributed by atoms with Crippen molar-refractivity contribution < 1.29 is 19.0 Å². The third kappa shape index (κ3) is 2.95. The average Bonchev–Trinajstić information content (AvgIpc) is 2.40. The van der Waals surface area contributed by atoms with Crippen LogP contribution in [0.1, 0.15) is 0 Å². The number of hydrogen-bond donors (Lipinski definition) is 1. The zero-order valence-electron chi connectivity index (χ0n) is 9.73. The Kier molecular flexibility index (Phi) is 4.09. The van der Waals surface area contributed by atoms with E-state index < -0.39 is 0 Å². The Hall–Kier alpha value is -1.69. The van der Waals surface area contributed by atoms with Crippen molar-refractivity contribution in [2.75, 3.05) is 25.6 Å². The second-order valence-electron chi connectivity index (χ2n) is 3.50. The molecule has 0 atom stereocenters. The summed E-state index contributed by atoms with van der Waals surface area (Å²) < 4.78 is 16.2. The van der Waals surface area contributed by atoms with Crippen LogP contribution in [0.5, 0.6) is 5.75 Å². The lowest BCUT2D eigenvalue weighted by atomic mass is 10.3. The van der Waals surface area contributed by atoms with Gasteiger partial charge in [-0.05, 0) is 18.2 Å². The number of amides is 1. The number of methoxy groups -OCH3 is 1. The summed E-state index contributed by atoms with van der Waals surface area (Å²) in [5.41, 5.74) is 0.562. The fourth-order valence-corrected chi connectivity index (χ4v) is 1.81. The molecule has 0 aliphatic carbocycles. The van der Waals surface area contributed by atoms with Gasteiger partial charge in [-0.2, -0.15) is 0 Å². The van der Waals surface area contributed by atoms with Crippen LogP contribution in [0, 0.1) is 0 Å². The molecule has 18 heavy (non-hydrogen) atoms. The van der Waals surface area contributed by atoms with Crippen LogP contribution >= 0.6 is 15.9 Å². The monoisotopic (exact) mass is 313 g/mol. The Bertz CT molecular complexity index is 487. The molecular weight excluding hydrogens is 302 g/mol. The lowest BCUT2D eigenvalue weighted by molar-refractivity contribution is -0.117. The van der Waals surface area contributed by atoms with E-state index in [-0.39, 0.29) is 11.7 Å². The van der Waals surface area contributed by atoms with Crippen LogP contribution < -0.4 is 10.1 Å². The molecule has 1 aliphatic heterocycles. The van der Waals surface area contributed by atoms with E-state index >= 15 is 0 Å². The highest BCUT2D eigenvalue weighted by Gasteiger charge is 2.16. The first kappa shape index (κ1) is 12.8. The third-order valence-corrected chi connectivity index (χ3v) is 2.78. The van der Waals surface area contributed by atoms with E-state index in [0.29, 0.717) is 24.7 Å². The molecule has 1 amide bonds. The molecule has 0 radical (unpaired) electrons. The van der Waals surface area contributed by atoms with Gasteiger partial charge in [0.2, 0.25) is 5.76 Å². The predicted octanol–water partition coefficient (Wildman–Crippen LogP) is 2.28. The van der Waals surface area contributed by atoms with Crippen molar-refractivity contribution >= 4 is 27.5 Å². The Morgan fingerprint density at radius 3 is 2.94 bits per heavy atom. The fraction of sp³-hybridized carbons (Fsp3) is 0.250. The molecule has 96 valence electrons. The highest BCUT2D eigenvalue weighted by Crippen LogP contribution is 2.28. The maximum absolute atomic E-state index is 11.9. The van der Waals surface area contributed by atoms with E-state index in [1.54, 1.807) is 19.2 Å². The van der Waals surface area contributed by atoms with Crippen LogP contribution in [-0.4, -0.2) is 26.2 Å². The Labute approximate surface area is 113 Å². The van der Waals surface area contributed by atoms with Crippen LogP contribution in [0.2, 0.25) is 0 Å². The van der Waals surface area contributed by atoms with Crippen LogP contribution in [0.25, 0.3) is 0 Å². The molecule has 0 fully saturated rings. The first-order valence-corrected chi connectivity index (χ1v) is 6.09. The van der Waals surface area contributed by atoms with E-state index in [4.69, 9.17) is 14.2 Å². The number of rotatable bonds is 3.